The van der Waals surface area contributed by atoms with E-state index < -0.39 is 0 Å². The number of halogens is 1. The lowest BCUT2D eigenvalue weighted by Gasteiger charge is -2.17. The SMILES string of the molecule is CCC(NCC(=O)NC1CC1)c1ccc(Cl)cc1. The Morgan fingerprint density at radius 3 is 2.61 bits per heavy atom. The molecule has 1 aromatic carbocycles. The molecule has 3 nitrogen and oxygen atoms in total. The lowest BCUT2D eigenvalue weighted by Crippen LogP contribution is -2.36. The molecular weight excluding hydrogens is 248 g/mol. The Morgan fingerprint density at radius 2 is 2.06 bits per heavy atom. The van der Waals surface area contributed by atoms with Crippen LogP contribution in [0.3, 0.4) is 0 Å². The van der Waals surface area contributed by atoms with Crippen LogP contribution in [-0.4, -0.2) is 18.5 Å². The lowest BCUT2D eigenvalue weighted by atomic mass is 10.0. The third kappa shape index (κ3) is 4.00. The first-order valence-corrected chi connectivity index (χ1v) is 6.85. The Balaban J connectivity index is 1.84. The molecule has 0 heterocycles. The van der Waals surface area contributed by atoms with Crippen LogP contribution in [-0.2, 0) is 4.79 Å². The maximum atomic E-state index is 11.6. The molecule has 2 N–H and O–H groups in total. The van der Waals surface area contributed by atoms with Gasteiger partial charge in [0.1, 0.15) is 0 Å². The smallest absolute Gasteiger partial charge is 0.234 e. The summed E-state index contributed by atoms with van der Waals surface area (Å²) in [4.78, 5) is 11.6. The molecule has 4 heteroatoms. The van der Waals surface area contributed by atoms with Crippen LogP contribution >= 0.6 is 11.6 Å². The van der Waals surface area contributed by atoms with E-state index in [4.69, 9.17) is 11.6 Å². The third-order valence-electron chi connectivity index (χ3n) is 3.13. The summed E-state index contributed by atoms with van der Waals surface area (Å²) in [6.45, 7) is 2.47. The summed E-state index contributed by atoms with van der Waals surface area (Å²) in [6, 6.07) is 8.39. The van der Waals surface area contributed by atoms with E-state index in [1.54, 1.807) is 0 Å². The first kappa shape index (κ1) is 13.4. The Hall–Kier alpha value is -1.06. The predicted molar refractivity (Wildman–Crippen MR) is 73.7 cm³/mol. The maximum absolute atomic E-state index is 11.6. The molecule has 0 saturated heterocycles. The van der Waals surface area contributed by atoms with Crippen LogP contribution in [0.2, 0.25) is 5.02 Å². The first-order chi connectivity index (χ1) is 8.69. The van der Waals surface area contributed by atoms with Crippen molar-refractivity contribution in [2.45, 2.75) is 38.3 Å². The Morgan fingerprint density at radius 1 is 1.39 bits per heavy atom. The van der Waals surface area contributed by atoms with Gasteiger partial charge < -0.3 is 10.6 Å². The van der Waals surface area contributed by atoms with Gasteiger partial charge in [0, 0.05) is 17.1 Å². The Labute approximate surface area is 113 Å². The van der Waals surface area contributed by atoms with E-state index in [1.165, 1.54) is 5.56 Å². The zero-order valence-electron chi connectivity index (χ0n) is 10.6. The van der Waals surface area contributed by atoms with Crippen LogP contribution in [0.1, 0.15) is 37.8 Å². The van der Waals surface area contributed by atoms with Gasteiger partial charge in [-0.1, -0.05) is 30.7 Å². The molecule has 0 bridgehead atoms. The van der Waals surface area contributed by atoms with Gasteiger partial charge in [-0.3, -0.25) is 4.79 Å². The van der Waals surface area contributed by atoms with Crippen molar-refractivity contribution >= 4 is 17.5 Å². The number of rotatable bonds is 6. The number of hydrogen-bond donors (Lipinski definition) is 2. The highest BCUT2D eigenvalue weighted by Gasteiger charge is 2.23. The Bertz CT molecular complexity index is 401. The monoisotopic (exact) mass is 266 g/mol. The molecule has 1 amide bonds. The topological polar surface area (TPSA) is 41.1 Å². The van der Waals surface area contributed by atoms with Gasteiger partial charge in [0.05, 0.1) is 6.54 Å². The highest BCUT2D eigenvalue weighted by molar-refractivity contribution is 6.30. The average Bonchev–Trinajstić information content (AvgIpc) is 3.16. The van der Waals surface area contributed by atoms with Crippen molar-refractivity contribution in [3.8, 4) is 0 Å². The molecule has 98 valence electrons. The van der Waals surface area contributed by atoms with Crippen molar-refractivity contribution in [2.75, 3.05) is 6.54 Å². The normalized spacial score (nSPS) is 16.3. The summed E-state index contributed by atoms with van der Waals surface area (Å²) in [5, 5.41) is 6.99. The minimum absolute atomic E-state index is 0.0879. The molecule has 1 aromatic rings. The van der Waals surface area contributed by atoms with Crippen molar-refractivity contribution in [2.24, 2.45) is 0 Å². The molecule has 1 aliphatic carbocycles. The third-order valence-corrected chi connectivity index (χ3v) is 3.38. The van der Waals surface area contributed by atoms with Crippen LogP contribution < -0.4 is 10.6 Å². The maximum Gasteiger partial charge on any atom is 0.234 e. The first-order valence-electron chi connectivity index (χ1n) is 6.47. The van der Waals surface area contributed by atoms with E-state index in [0.29, 0.717) is 12.6 Å². The summed E-state index contributed by atoms with van der Waals surface area (Å²) in [5.74, 6) is 0.0879. The van der Waals surface area contributed by atoms with Crippen LogP contribution in [0, 0.1) is 0 Å². The highest BCUT2D eigenvalue weighted by atomic mass is 35.5. The second-order valence-corrected chi connectivity index (χ2v) is 5.17. The fourth-order valence-corrected chi connectivity index (χ4v) is 2.04. The van der Waals surface area contributed by atoms with Gasteiger partial charge in [-0.15, -0.1) is 0 Å². The molecule has 18 heavy (non-hydrogen) atoms. The second-order valence-electron chi connectivity index (χ2n) is 4.74. The molecule has 1 saturated carbocycles. The van der Waals surface area contributed by atoms with Crippen molar-refractivity contribution in [1.82, 2.24) is 10.6 Å². The van der Waals surface area contributed by atoms with E-state index in [9.17, 15) is 4.79 Å². The number of nitrogens with one attached hydrogen (secondary N) is 2. The van der Waals surface area contributed by atoms with Gasteiger partial charge in [0.25, 0.3) is 0 Å². The van der Waals surface area contributed by atoms with E-state index >= 15 is 0 Å². The van der Waals surface area contributed by atoms with E-state index in [1.807, 2.05) is 24.3 Å². The zero-order chi connectivity index (χ0) is 13.0. The molecule has 1 aliphatic rings. The fraction of sp³-hybridized carbons (Fsp3) is 0.500. The van der Waals surface area contributed by atoms with Crippen LogP contribution in [0.25, 0.3) is 0 Å². The molecule has 1 unspecified atom stereocenters. The number of benzene rings is 1. The van der Waals surface area contributed by atoms with E-state index in [2.05, 4.69) is 17.6 Å². The lowest BCUT2D eigenvalue weighted by molar-refractivity contribution is -0.120. The van der Waals surface area contributed by atoms with Crippen molar-refractivity contribution in [3.05, 3.63) is 34.9 Å². The van der Waals surface area contributed by atoms with Crippen molar-refractivity contribution in [1.29, 1.82) is 0 Å². The van der Waals surface area contributed by atoms with Gasteiger partial charge in [-0.05, 0) is 37.0 Å². The summed E-state index contributed by atoms with van der Waals surface area (Å²) in [7, 11) is 0. The van der Waals surface area contributed by atoms with Gasteiger partial charge in [-0.25, -0.2) is 0 Å². The van der Waals surface area contributed by atoms with Crippen LogP contribution in [0.4, 0.5) is 0 Å². The molecule has 1 atom stereocenters. The predicted octanol–water partition coefficient (Wildman–Crippen LogP) is 2.66. The highest BCUT2D eigenvalue weighted by Crippen LogP contribution is 2.20. The number of carbonyl (C=O) groups is 1. The summed E-state index contributed by atoms with van der Waals surface area (Å²) >= 11 is 5.87. The summed E-state index contributed by atoms with van der Waals surface area (Å²) in [5.41, 5.74) is 1.17. The number of hydrogen-bond acceptors (Lipinski definition) is 2. The van der Waals surface area contributed by atoms with Crippen molar-refractivity contribution in [3.63, 3.8) is 0 Å². The van der Waals surface area contributed by atoms with Gasteiger partial charge in [0.2, 0.25) is 5.91 Å². The molecule has 0 aliphatic heterocycles. The van der Waals surface area contributed by atoms with Crippen molar-refractivity contribution < 1.29 is 4.79 Å². The molecule has 0 radical (unpaired) electrons. The Kier molecular flexibility index (Phi) is 4.61. The quantitative estimate of drug-likeness (QED) is 0.831. The largest absolute Gasteiger partial charge is 0.352 e. The summed E-state index contributed by atoms with van der Waals surface area (Å²) < 4.78 is 0. The number of amides is 1. The molecule has 0 spiro atoms. The minimum atomic E-state index is 0.0879. The fourth-order valence-electron chi connectivity index (χ4n) is 1.92. The average molecular weight is 267 g/mol. The van der Waals surface area contributed by atoms with Gasteiger partial charge in [0.15, 0.2) is 0 Å². The van der Waals surface area contributed by atoms with Gasteiger partial charge >= 0.3 is 0 Å². The minimum Gasteiger partial charge on any atom is -0.352 e. The molecule has 0 aromatic heterocycles. The molecule has 1 fully saturated rings. The summed E-state index contributed by atoms with van der Waals surface area (Å²) in [6.07, 6.45) is 3.19. The molecular formula is C14H19ClN2O. The number of carbonyl (C=O) groups excluding carboxylic acids is 1. The van der Waals surface area contributed by atoms with Gasteiger partial charge in [-0.2, -0.15) is 0 Å². The van der Waals surface area contributed by atoms with E-state index in [0.717, 1.165) is 24.3 Å². The molecule has 2 rings (SSSR count). The second kappa shape index (κ2) is 6.21. The standard InChI is InChI=1S/C14H19ClN2O/c1-2-13(10-3-5-11(15)6-4-10)16-9-14(18)17-12-7-8-12/h3-6,12-13,16H,2,7-9H2,1H3,(H,17,18). The zero-order valence-corrected chi connectivity index (χ0v) is 11.3. The van der Waals surface area contributed by atoms with Crippen LogP contribution in [0.5, 0.6) is 0 Å². The van der Waals surface area contributed by atoms with E-state index in [-0.39, 0.29) is 11.9 Å². The van der Waals surface area contributed by atoms with Crippen LogP contribution in [0.15, 0.2) is 24.3 Å².